The molecule has 23 heavy (non-hydrogen) atoms. The first kappa shape index (κ1) is 15.2. The summed E-state index contributed by atoms with van der Waals surface area (Å²) in [4.78, 5) is 14.7. The molecular weight excluding hydrogens is 283 g/mol. The molecule has 0 atom stereocenters. The van der Waals surface area contributed by atoms with Crippen molar-refractivity contribution in [2.45, 2.75) is 26.2 Å². The quantitative estimate of drug-likeness (QED) is 0.528. The zero-order valence-electron chi connectivity index (χ0n) is 13.3. The average Bonchev–Trinajstić information content (AvgIpc) is 2.60. The van der Waals surface area contributed by atoms with E-state index in [2.05, 4.69) is 23.9 Å². The molecule has 0 unspecified atom stereocenters. The number of anilines is 2. The molecular formula is C19H19BN2O. The maximum atomic E-state index is 12.9. The van der Waals surface area contributed by atoms with Crippen molar-refractivity contribution >= 4 is 24.3 Å². The van der Waals surface area contributed by atoms with Gasteiger partial charge in [0.15, 0.2) is 0 Å². The highest BCUT2D eigenvalue weighted by Crippen LogP contribution is 2.27. The zero-order valence-corrected chi connectivity index (χ0v) is 13.3. The highest BCUT2D eigenvalue weighted by molar-refractivity contribution is 6.79. The van der Waals surface area contributed by atoms with Gasteiger partial charge in [-0.1, -0.05) is 49.5 Å². The van der Waals surface area contributed by atoms with Gasteiger partial charge in [0.25, 0.3) is 5.91 Å². The lowest BCUT2D eigenvalue weighted by atomic mass is 9.71. The first-order valence-corrected chi connectivity index (χ1v) is 8.04. The molecule has 0 aliphatic carbocycles. The Labute approximate surface area is 137 Å². The number of para-hydroxylation sites is 2. The number of hydrogen-bond donors (Lipinski definition) is 1. The van der Waals surface area contributed by atoms with Crippen molar-refractivity contribution in [3.8, 4) is 11.7 Å². The zero-order chi connectivity index (χ0) is 16.1. The molecule has 0 spiro atoms. The highest BCUT2D eigenvalue weighted by atomic mass is 16.2. The van der Waals surface area contributed by atoms with E-state index in [9.17, 15) is 4.79 Å². The number of nitrogens with one attached hydrogen (secondary N) is 1. The van der Waals surface area contributed by atoms with Crippen LogP contribution in [-0.2, 0) is 0 Å². The molecule has 4 heteroatoms. The number of amides is 1. The third-order valence-corrected chi connectivity index (χ3v) is 3.86. The highest BCUT2D eigenvalue weighted by Gasteiger charge is 2.35. The molecule has 0 fully saturated rings. The van der Waals surface area contributed by atoms with E-state index in [0.717, 1.165) is 30.6 Å². The number of rotatable bonds is 3. The first-order valence-electron chi connectivity index (χ1n) is 8.04. The van der Waals surface area contributed by atoms with Gasteiger partial charge in [-0.15, -0.1) is 5.92 Å². The van der Waals surface area contributed by atoms with Gasteiger partial charge in [-0.05, 0) is 30.7 Å². The van der Waals surface area contributed by atoms with Crippen LogP contribution in [-0.4, -0.2) is 12.9 Å². The van der Waals surface area contributed by atoms with E-state index >= 15 is 0 Å². The third-order valence-electron chi connectivity index (χ3n) is 3.86. The summed E-state index contributed by atoms with van der Waals surface area (Å²) in [7, 11) is 0. The van der Waals surface area contributed by atoms with Crippen LogP contribution in [0.4, 0.5) is 11.4 Å². The van der Waals surface area contributed by atoms with Gasteiger partial charge in [-0.2, -0.15) is 0 Å². The monoisotopic (exact) mass is 302 g/mol. The molecule has 0 saturated heterocycles. The maximum Gasteiger partial charge on any atom is 0.470 e. The van der Waals surface area contributed by atoms with Gasteiger partial charge in [0.05, 0.1) is 5.56 Å². The summed E-state index contributed by atoms with van der Waals surface area (Å²) in [5, 5.41) is 3.38. The minimum atomic E-state index is -0.336. The number of carbonyl (C=O) groups is 1. The molecule has 1 heterocycles. The van der Waals surface area contributed by atoms with Crippen molar-refractivity contribution in [1.29, 1.82) is 0 Å². The van der Waals surface area contributed by atoms with Gasteiger partial charge in [-0.25, -0.2) is 0 Å². The summed E-state index contributed by atoms with van der Waals surface area (Å²) >= 11 is 0. The summed E-state index contributed by atoms with van der Waals surface area (Å²) in [5.74, 6) is 6.41. The predicted octanol–water partition coefficient (Wildman–Crippen LogP) is 3.98. The SMILES string of the molecule is CCCCC#CB1Nc2ccccc2C(=O)N1c1ccccc1. The van der Waals surface area contributed by atoms with Gasteiger partial charge in [0, 0.05) is 17.8 Å². The van der Waals surface area contributed by atoms with Crippen LogP contribution in [0.1, 0.15) is 36.5 Å². The Kier molecular flexibility index (Phi) is 4.68. The maximum absolute atomic E-state index is 12.9. The average molecular weight is 302 g/mol. The van der Waals surface area contributed by atoms with Crippen molar-refractivity contribution < 1.29 is 4.79 Å². The fourth-order valence-corrected chi connectivity index (χ4v) is 2.64. The molecule has 0 saturated carbocycles. The Morgan fingerprint density at radius 2 is 1.83 bits per heavy atom. The number of fused-ring (bicyclic) bond motifs is 1. The normalized spacial score (nSPS) is 13.0. The van der Waals surface area contributed by atoms with Crippen LogP contribution in [0.5, 0.6) is 0 Å². The van der Waals surface area contributed by atoms with Crippen LogP contribution in [0.3, 0.4) is 0 Å². The minimum absolute atomic E-state index is 0.0136. The molecule has 3 rings (SSSR count). The van der Waals surface area contributed by atoms with Gasteiger partial charge >= 0.3 is 6.98 Å². The topological polar surface area (TPSA) is 32.3 Å². The number of unbranched alkanes of at least 4 members (excludes halogenated alkanes) is 2. The number of carbonyl (C=O) groups excluding carboxylic acids is 1. The van der Waals surface area contributed by atoms with Crippen molar-refractivity contribution in [1.82, 2.24) is 0 Å². The van der Waals surface area contributed by atoms with E-state index in [1.807, 2.05) is 54.6 Å². The molecule has 0 radical (unpaired) electrons. The van der Waals surface area contributed by atoms with Crippen molar-refractivity contribution in [3.05, 3.63) is 60.2 Å². The fourth-order valence-electron chi connectivity index (χ4n) is 2.64. The Bertz CT molecular complexity index is 749. The van der Waals surface area contributed by atoms with E-state index in [1.165, 1.54) is 0 Å². The standard InChI is InChI=1S/C19H19BN2O/c1-2-3-4-10-15-20-21-18-14-9-8-13-17(18)19(23)22(20)16-11-6-5-7-12-16/h5-9,11-14,21H,2-4H2,1H3. The largest absolute Gasteiger partial charge is 0.470 e. The smallest absolute Gasteiger partial charge is 0.397 e. The lowest BCUT2D eigenvalue weighted by molar-refractivity contribution is 0.100. The molecule has 2 aromatic rings. The third kappa shape index (κ3) is 3.24. The van der Waals surface area contributed by atoms with Gasteiger partial charge in [-0.3, -0.25) is 4.79 Å². The number of nitrogens with zero attached hydrogens (tertiary/aromatic N) is 1. The molecule has 1 aliphatic heterocycles. The summed E-state index contributed by atoms with van der Waals surface area (Å²) in [6.45, 7) is 1.81. The molecule has 3 nitrogen and oxygen atoms in total. The minimum Gasteiger partial charge on any atom is -0.397 e. The van der Waals surface area contributed by atoms with E-state index < -0.39 is 0 Å². The Balaban J connectivity index is 1.97. The van der Waals surface area contributed by atoms with E-state index in [-0.39, 0.29) is 12.9 Å². The predicted molar refractivity (Wildman–Crippen MR) is 96.4 cm³/mol. The molecule has 114 valence electrons. The summed E-state index contributed by atoms with van der Waals surface area (Å²) in [6, 6.07) is 17.3. The molecule has 1 aliphatic rings. The second-order valence-electron chi connectivity index (χ2n) is 5.53. The second-order valence-corrected chi connectivity index (χ2v) is 5.53. The van der Waals surface area contributed by atoms with E-state index in [4.69, 9.17) is 0 Å². The molecule has 2 aromatic carbocycles. The van der Waals surface area contributed by atoms with E-state index in [1.54, 1.807) is 4.81 Å². The molecule has 1 N–H and O–H groups in total. The molecule has 0 aromatic heterocycles. The summed E-state index contributed by atoms with van der Waals surface area (Å²) < 4.78 is 0. The van der Waals surface area contributed by atoms with E-state index in [0.29, 0.717) is 5.56 Å². The lowest BCUT2D eigenvalue weighted by Gasteiger charge is -2.32. The van der Waals surface area contributed by atoms with Crippen LogP contribution < -0.4 is 10.0 Å². The summed E-state index contributed by atoms with van der Waals surface area (Å²) in [6.07, 6.45) is 3.06. The Hall–Kier alpha value is -2.67. The van der Waals surface area contributed by atoms with Crippen LogP contribution in [0.2, 0.25) is 0 Å². The molecule has 1 amide bonds. The van der Waals surface area contributed by atoms with Crippen molar-refractivity contribution in [2.24, 2.45) is 0 Å². The van der Waals surface area contributed by atoms with Crippen LogP contribution >= 0.6 is 0 Å². The van der Waals surface area contributed by atoms with Gasteiger partial charge in [0.1, 0.15) is 0 Å². The summed E-state index contributed by atoms with van der Waals surface area (Å²) in [5.41, 5.74) is 2.39. The Morgan fingerprint density at radius 3 is 2.61 bits per heavy atom. The van der Waals surface area contributed by atoms with Crippen molar-refractivity contribution in [3.63, 3.8) is 0 Å². The van der Waals surface area contributed by atoms with Crippen molar-refractivity contribution in [2.75, 3.05) is 10.0 Å². The first-order chi connectivity index (χ1) is 11.3. The van der Waals surface area contributed by atoms with Crippen LogP contribution in [0.15, 0.2) is 54.6 Å². The van der Waals surface area contributed by atoms with Gasteiger partial charge in [0.2, 0.25) is 0 Å². The van der Waals surface area contributed by atoms with Crippen LogP contribution in [0.25, 0.3) is 0 Å². The number of benzene rings is 2. The van der Waals surface area contributed by atoms with Gasteiger partial charge < -0.3 is 10.0 Å². The second kappa shape index (κ2) is 7.06. The fraction of sp³-hybridized carbons (Fsp3) is 0.211. The molecule has 0 bridgehead atoms. The number of hydrogen-bond acceptors (Lipinski definition) is 2. The Morgan fingerprint density at radius 1 is 1.09 bits per heavy atom. The van der Waals surface area contributed by atoms with Crippen LogP contribution in [0, 0.1) is 11.7 Å². The lowest BCUT2D eigenvalue weighted by Crippen LogP contribution is -2.52.